The van der Waals surface area contributed by atoms with Crippen molar-refractivity contribution in [3.8, 4) is 0 Å². The van der Waals surface area contributed by atoms with Crippen molar-refractivity contribution in [1.29, 1.82) is 0 Å². The van der Waals surface area contributed by atoms with Gasteiger partial charge in [0.2, 0.25) is 0 Å². The van der Waals surface area contributed by atoms with E-state index in [-0.39, 0.29) is 5.97 Å². The van der Waals surface area contributed by atoms with Gasteiger partial charge in [-0.3, -0.25) is 4.79 Å². The molecule has 0 saturated heterocycles. The summed E-state index contributed by atoms with van der Waals surface area (Å²) >= 11 is 0. The number of hydrogen-bond acceptors (Lipinski definition) is 4. The largest absolute Gasteiger partial charge is 0.465 e. The van der Waals surface area contributed by atoms with E-state index in [1.165, 1.54) is 19.3 Å². The highest BCUT2D eigenvalue weighted by Crippen LogP contribution is 2.22. The minimum absolute atomic E-state index is 0.160. The lowest BCUT2D eigenvalue weighted by Crippen LogP contribution is -2.48. The van der Waals surface area contributed by atoms with Gasteiger partial charge in [0.1, 0.15) is 5.54 Å². The molecule has 1 atom stereocenters. The number of nitrogens with one attached hydrogen (secondary N) is 1. The summed E-state index contributed by atoms with van der Waals surface area (Å²) in [6, 6.07) is 0. The molecule has 1 aliphatic carbocycles. The van der Waals surface area contributed by atoms with Crippen molar-refractivity contribution in [2.24, 2.45) is 0 Å². The summed E-state index contributed by atoms with van der Waals surface area (Å²) < 4.78 is 10.8. The molecule has 106 valence electrons. The highest BCUT2D eigenvalue weighted by molar-refractivity contribution is 5.80. The van der Waals surface area contributed by atoms with Crippen LogP contribution in [0.4, 0.5) is 0 Å². The van der Waals surface area contributed by atoms with Gasteiger partial charge in [-0.1, -0.05) is 0 Å². The van der Waals surface area contributed by atoms with Crippen LogP contribution in [0, 0.1) is 0 Å². The summed E-state index contributed by atoms with van der Waals surface area (Å²) in [4.78, 5) is 11.8. The molecular weight excluding hydrogens is 230 g/mol. The average molecular weight is 257 g/mol. The topological polar surface area (TPSA) is 47.6 Å². The van der Waals surface area contributed by atoms with Crippen LogP contribution in [0.2, 0.25) is 0 Å². The quantitative estimate of drug-likeness (QED) is 0.508. The van der Waals surface area contributed by atoms with Gasteiger partial charge in [-0.05, 0) is 59.4 Å². The minimum Gasteiger partial charge on any atom is -0.465 e. The lowest BCUT2D eigenvalue weighted by molar-refractivity contribution is -0.150. The summed E-state index contributed by atoms with van der Waals surface area (Å²) in [5.74, 6) is -0.160. The predicted octanol–water partition coefficient (Wildman–Crippen LogP) is 2.27. The number of esters is 1. The van der Waals surface area contributed by atoms with Crippen molar-refractivity contribution in [3.63, 3.8) is 0 Å². The molecule has 0 spiro atoms. The zero-order valence-corrected chi connectivity index (χ0v) is 12.0. The molecule has 1 fully saturated rings. The molecule has 4 nitrogen and oxygen atoms in total. The Balaban J connectivity index is 2.14. The molecule has 18 heavy (non-hydrogen) atoms. The van der Waals surface area contributed by atoms with Gasteiger partial charge in [0.05, 0.1) is 12.7 Å². The lowest BCUT2D eigenvalue weighted by atomic mass is 9.95. The van der Waals surface area contributed by atoms with E-state index in [0.29, 0.717) is 12.7 Å². The summed E-state index contributed by atoms with van der Waals surface area (Å²) in [6.45, 7) is 4.98. The summed E-state index contributed by atoms with van der Waals surface area (Å²) in [7, 11) is 1.81. The summed E-state index contributed by atoms with van der Waals surface area (Å²) in [5, 5.41) is 3.07. The Morgan fingerprint density at radius 3 is 2.61 bits per heavy atom. The van der Waals surface area contributed by atoms with Crippen LogP contribution < -0.4 is 5.32 Å². The van der Waals surface area contributed by atoms with Crippen LogP contribution in [-0.2, 0) is 14.3 Å². The molecule has 0 aromatic rings. The van der Waals surface area contributed by atoms with Crippen LogP contribution in [0.1, 0.15) is 52.4 Å². The monoisotopic (exact) mass is 257 g/mol. The van der Waals surface area contributed by atoms with E-state index in [1.54, 1.807) is 0 Å². The molecule has 0 radical (unpaired) electrons. The van der Waals surface area contributed by atoms with Gasteiger partial charge >= 0.3 is 5.97 Å². The number of likely N-dealkylation sites (N-methyl/N-ethyl adjacent to an activating group) is 1. The van der Waals surface area contributed by atoms with Crippen molar-refractivity contribution >= 4 is 5.97 Å². The van der Waals surface area contributed by atoms with Crippen LogP contribution in [0.5, 0.6) is 0 Å². The fourth-order valence-electron chi connectivity index (χ4n) is 1.99. The zero-order chi connectivity index (χ0) is 13.4. The Morgan fingerprint density at radius 1 is 1.39 bits per heavy atom. The molecule has 0 aromatic heterocycles. The molecule has 0 bridgehead atoms. The van der Waals surface area contributed by atoms with Crippen molar-refractivity contribution in [3.05, 3.63) is 0 Å². The highest BCUT2D eigenvalue weighted by Gasteiger charge is 2.32. The van der Waals surface area contributed by atoms with Crippen molar-refractivity contribution < 1.29 is 14.3 Å². The Kier molecular flexibility index (Phi) is 6.65. The molecule has 0 aromatic carbocycles. The second-order valence-electron chi connectivity index (χ2n) is 5.18. The lowest BCUT2D eigenvalue weighted by Gasteiger charge is -2.27. The molecule has 1 unspecified atom stereocenters. The minimum atomic E-state index is -0.563. The normalized spacial score (nSPS) is 19.1. The maximum atomic E-state index is 11.8. The number of carbonyl (C=O) groups is 1. The Morgan fingerprint density at radius 2 is 2.11 bits per heavy atom. The van der Waals surface area contributed by atoms with Crippen molar-refractivity contribution in [2.45, 2.75) is 64.0 Å². The van der Waals surface area contributed by atoms with E-state index < -0.39 is 5.54 Å². The van der Waals surface area contributed by atoms with Crippen LogP contribution in [0.15, 0.2) is 0 Å². The highest BCUT2D eigenvalue weighted by atomic mass is 16.5. The first-order valence-electron chi connectivity index (χ1n) is 7.10. The third kappa shape index (κ3) is 4.58. The van der Waals surface area contributed by atoms with E-state index in [0.717, 1.165) is 25.9 Å². The summed E-state index contributed by atoms with van der Waals surface area (Å²) in [5.41, 5.74) is -0.563. The molecule has 1 aliphatic rings. The maximum absolute atomic E-state index is 11.8. The zero-order valence-electron chi connectivity index (χ0n) is 12.0. The standard InChI is InChI=1S/C14H27NO3/c1-4-17-13(16)14(2,15-3)10-5-6-11-18-12-8-7-9-12/h12,15H,4-11H2,1-3H3. The van der Waals surface area contributed by atoms with E-state index in [4.69, 9.17) is 9.47 Å². The van der Waals surface area contributed by atoms with E-state index in [1.807, 2.05) is 20.9 Å². The maximum Gasteiger partial charge on any atom is 0.326 e. The first-order chi connectivity index (χ1) is 8.62. The molecule has 0 heterocycles. The molecule has 4 heteroatoms. The van der Waals surface area contributed by atoms with Gasteiger partial charge in [-0.2, -0.15) is 0 Å². The van der Waals surface area contributed by atoms with Crippen molar-refractivity contribution in [2.75, 3.05) is 20.3 Å². The molecule has 1 N–H and O–H groups in total. The molecule has 0 amide bonds. The van der Waals surface area contributed by atoms with Gasteiger partial charge < -0.3 is 14.8 Å². The second kappa shape index (κ2) is 7.74. The van der Waals surface area contributed by atoms with Crippen LogP contribution >= 0.6 is 0 Å². The third-order valence-corrected chi connectivity index (χ3v) is 3.75. The van der Waals surface area contributed by atoms with Gasteiger partial charge in [0.15, 0.2) is 0 Å². The Hall–Kier alpha value is -0.610. The second-order valence-corrected chi connectivity index (χ2v) is 5.18. The Labute approximate surface area is 110 Å². The average Bonchev–Trinajstić information content (AvgIpc) is 2.31. The number of rotatable bonds is 9. The SMILES string of the molecule is CCOC(=O)C(C)(CCCCOC1CCC1)NC. The molecule has 1 saturated carbocycles. The van der Waals surface area contributed by atoms with Gasteiger partial charge in [0, 0.05) is 6.61 Å². The fraction of sp³-hybridized carbons (Fsp3) is 0.929. The van der Waals surface area contributed by atoms with E-state index in [9.17, 15) is 4.79 Å². The fourth-order valence-corrected chi connectivity index (χ4v) is 1.99. The first kappa shape index (κ1) is 15.4. The smallest absolute Gasteiger partial charge is 0.326 e. The molecule has 1 rings (SSSR count). The Bertz CT molecular complexity index is 253. The number of unbranched alkanes of at least 4 members (excludes halogenated alkanes) is 1. The summed E-state index contributed by atoms with van der Waals surface area (Å²) in [6.07, 6.45) is 7.03. The first-order valence-corrected chi connectivity index (χ1v) is 7.10. The van der Waals surface area contributed by atoms with Gasteiger partial charge in [0.25, 0.3) is 0 Å². The number of hydrogen-bond donors (Lipinski definition) is 1. The number of ether oxygens (including phenoxy) is 2. The third-order valence-electron chi connectivity index (χ3n) is 3.75. The van der Waals surface area contributed by atoms with Crippen LogP contribution in [-0.4, -0.2) is 37.9 Å². The molecular formula is C14H27NO3. The molecule has 0 aliphatic heterocycles. The van der Waals surface area contributed by atoms with Crippen LogP contribution in [0.3, 0.4) is 0 Å². The number of carbonyl (C=O) groups excluding carboxylic acids is 1. The van der Waals surface area contributed by atoms with Gasteiger partial charge in [-0.25, -0.2) is 0 Å². The van der Waals surface area contributed by atoms with E-state index >= 15 is 0 Å². The van der Waals surface area contributed by atoms with Crippen LogP contribution in [0.25, 0.3) is 0 Å². The van der Waals surface area contributed by atoms with Gasteiger partial charge in [-0.15, -0.1) is 0 Å². The van der Waals surface area contributed by atoms with E-state index in [2.05, 4.69) is 5.32 Å². The predicted molar refractivity (Wildman–Crippen MR) is 71.5 cm³/mol. The van der Waals surface area contributed by atoms with Crippen molar-refractivity contribution in [1.82, 2.24) is 5.32 Å².